The minimum atomic E-state index is -1.02. The van der Waals surface area contributed by atoms with Gasteiger partial charge in [0.05, 0.1) is 6.04 Å². The van der Waals surface area contributed by atoms with Crippen LogP contribution < -0.4 is 0 Å². The van der Waals surface area contributed by atoms with Crippen molar-refractivity contribution >= 4 is 12.4 Å². The van der Waals surface area contributed by atoms with E-state index in [2.05, 4.69) is 0 Å². The number of amides is 1. The van der Waals surface area contributed by atoms with E-state index in [1.807, 2.05) is 6.92 Å². The Balaban J connectivity index is 4.03. The number of hydrogen-bond donors (Lipinski definition) is 1. The van der Waals surface area contributed by atoms with Gasteiger partial charge in [0.15, 0.2) is 0 Å². The van der Waals surface area contributed by atoms with Crippen LogP contribution >= 0.6 is 0 Å². The molecule has 1 amide bonds. The highest BCUT2D eigenvalue weighted by Gasteiger charge is 2.16. The number of hydrogen-bond acceptors (Lipinski definition) is 2. The maximum atomic E-state index is 10.6. The second-order valence-electron chi connectivity index (χ2n) is 2.71. The summed E-state index contributed by atoms with van der Waals surface area (Å²) >= 11 is 0. The summed E-state index contributed by atoms with van der Waals surface area (Å²) in [4.78, 5) is 22.0. The van der Waals surface area contributed by atoms with Gasteiger partial charge in [-0.25, -0.2) is 4.79 Å². The number of aldehydes is 1. The summed E-state index contributed by atoms with van der Waals surface area (Å²) in [6.45, 7) is 3.99. The van der Waals surface area contributed by atoms with Crippen LogP contribution in [0.4, 0.5) is 4.79 Å². The molecule has 1 N–H and O–H groups in total. The van der Waals surface area contributed by atoms with Gasteiger partial charge in [-0.1, -0.05) is 13.3 Å². The highest BCUT2D eigenvalue weighted by molar-refractivity contribution is 5.71. The molecule has 0 rings (SSSR count). The molecule has 0 aromatic rings. The molecule has 0 aliphatic carbocycles. The average molecular weight is 173 g/mol. The van der Waals surface area contributed by atoms with Gasteiger partial charge < -0.3 is 9.90 Å². The minimum absolute atomic E-state index is 0.436. The van der Waals surface area contributed by atoms with Gasteiger partial charge in [0, 0.05) is 6.54 Å². The van der Waals surface area contributed by atoms with E-state index in [0.717, 1.165) is 17.7 Å². The zero-order valence-electron chi connectivity index (χ0n) is 7.49. The first-order chi connectivity index (χ1) is 5.63. The normalized spacial score (nSPS) is 12.2. The van der Waals surface area contributed by atoms with E-state index in [4.69, 9.17) is 5.11 Å². The molecule has 1 unspecified atom stereocenters. The topological polar surface area (TPSA) is 57.6 Å². The van der Waals surface area contributed by atoms with Gasteiger partial charge in [-0.05, 0) is 13.3 Å². The van der Waals surface area contributed by atoms with Gasteiger partial charge in [0.2, 0.25) is 0 Å². The molecular formula is C8H15NO3. The van der Waals surface area contributed by atoms with Gasteiger partial charge in [-0.3, -0.25) is 4.90 Å². The Morgan fingerprint density at radius 3 is 2.58 bits per heavy atom. The Bertz CT molecular complexity index is 158. The third-order valence-corrected chi connectivity index (χ3v) is 1.69. The van der Waals surface area contributed by atoms with Crippen molar-refractivity contribution in [2.45, 2.75) is 32.7 Å². The molecule has 0 saturated carbocycles. The standard InChI is InChI=1S/C8H15NO3/c1-3-4-5-9(8(11)12)7(2)6-10/h6-7H,3-5H2,1-2H3,(H,11,12). The van der Waals surface area contributed by atoms with E-state index in [0.29, 0.717) is 12.8 Å². The molecule has 1 atom stereocenters. The van der Waals surface area contributed by atoms with Crippen molar-refractivity contribution < 1.29 is 14.7 Å². The van der Waals surface area contributed by atoms with Crippen molar-refractivity contribution in [3.63, 3.8) is 0 Å². The summed E-state index contributed by atoms with van der Waals surface area (Å²) in [5, 5.41) is 8.67. The molecule has 4 nitrogen and oxygen atoms in total. The Morgan fingerprint density at radius 1 is 1.67 bits per heavy atom. The lowest BCUT2D eigenvalue weighted by molar-refractivity contribution is -0.111. The van der Waals surface area contributed by atoms with Crippen LogP contribution in [0.25, 0.3) is 0 Å². The first kappa shape index (κ1) is 10.9. The van der Waals surface area contributed by atoms with Crippen molar-refractivity contribution in [3.05, 3.63) is 0 Å². The Kier molecular flexibility index (Phi) is 5.08. The van der Waals surface area contributed by atoms with Crippen LogP contribution in [0.1, 0.15) is 26.7 Å². The van der Waals surface area contributed by atoms with E-state index in [1.165, 1.54) is 0 Å². The lowest BCUT2D eigenvalue weighted by atomic mass is 10.2. The third kappa shape index (κ3) is 3.37. The van der Waals surface area contributed by atoms with Crippen LogP contribution in [-0.4, -0.2) is 35.0 Å². The quantitative estimate of drug-likeness (QED) is 0.638. The molecule has 0 radical (unpaired) electrons. The fourth-order valence-corrected chi connectivity index (χ4v) is 0.875. The summed E-state index contributed by atoms with van der Waals surface area (Å²) in [6.07, 6.45) is 1.34. The van der Waals surface area contributed by atoms with Crippen LogP contribution in [0.5, 0.6) is 0 Å². The molecule has 4 heteroatoms. The fraction of sp³-hybridized carbons (Fsp3) is 0.750. The lowest BCUT2D eigenvalue weighted by Gasteiger charge is -2.21. The highest BCUT2D eigenvalue weighted by atomic mass is 16.4. The molecule has 12 heavy (non-hydrogen) atoms. The molecule has 0 heterocycles. The van der Waals surface area contributed by atoms with Crippen molar-refractivity contribution in [2.24, 2.45) is 0 Å². The van der Waals surface area contributed by atoms with E-state index in [-0.39, 0.29) is 0 Å². The summed E-state index contributed by atoms with van der Waals surface area (Å²) in [7, 11) is 0. The number of carbonyl (C=O) groups is 2. The summed E-state index contributed by atoms with van der Waals surface area (Å²) < 4.78 is 0. The van der Waals surface area contributed by atoms with E-state index in [9.17, 15) is 9.59 Å². The summed E-state index contributed by atoms with van der Waals surface area (Å²) in [5.41, 5.74) is 0. The summed E-state index contributed by atoms with van der Waals surface area (Å²) in [6, 6.07) is -0.533. The second-order valence-corrected chi connectivity index (χ2v) is 2.71. The molecule has 0 aliphatic rings. The summed E-state index contributed by atoms with van der Waals surface area (Å²) in [5.74, 6) is 0. The zero-order chi connectivity index (χ0) is 9.56. The van der Waals surface area contributed by atoms with Crippen molar-refractivity contribution in [3.8, 4) is 0 Å². The number of rotatable bonds is 5. The SMILES string of the molecule is CCCCN(C(=O)O)C(C)C=O. The van der Waals surface area contributed by atoms with Crippen molar-refractivity contribution in [1.29, 1.82) is 0 Å². The minimum Gasteiger partial charge on any atom is -0.465 e. The smallest absolute Gasteiger partial charge is 0.407 e. The number of nitrogens with zero attached hydrogens (tertiary/aromatic N) is 1. The molecule has 0 aromatic carbocycles. The molecule has 0 spiro atoms. The lowest BCUT2D eigenvalue weighted by Crippen LogP contribution is -2.39. The highest BCUT2D eigenvalue weighted by Crippen LogP contribution is 2.00. The van der Waals surface area contributed by atoms with Crippen LogP contribution in [0.2, 0.25) is 0 Å². The molecular weight excluding hydrogens is 158 g/mol. The Labute approximate surface area is 72.2 Å². The number of unbranched alkanes of at least 4 members (excludes halogenated alkanes) is 1. The fourth-order valence-electron chi connectivity index (χ4n) is 0.875. The predicted molar refractivity (Wildman–Crippen MR) is 45.2 cm³/mol. The Hall–Kier alpha value is -1.06. The molecule has 0 aromatic heterocycles. The molecule has 0 fully saturated rings. The second kappa shape index (κ2) is 5.57. The van der Waals surface area contributed by atoms with Gasteiger partial charge in [-0.2, -0.15) is 0 Å². The van der Waals surface area contributed by atoms with E-state index in [1.54, 1.807) is 6.92 Å². The van der Waals surface area contributed by atoms with Gasteiger partial charge >= 0.3 is 6.09 Å². The van der Waals surface area contributed by atoms with Crippen LogP contribution in [-0.2, 0) is 4.79 Å². The molecule has 70 valence electrons. The maximum Gasteiger partial charge on any atom is 0.407 e. The first-order valence-electron chi connectivity index (χ1n) is 4.08. The number of carbonyl (C=O) groups excluding carboxylic acids is 1. The van der Waals surface area contributed by atoms with E-state index >= 15 is 0 Å². The predicted octanol–water partition coefficient (Wildman–Crippen LogP) is 1.35. The molecule has 0 aliphatic heterocycles. The Morgan fingerprint density at radius 2 is 2.25 bits per heavy atom. The van der Waals surface area contributed by atoms with Crippen LogP contribution in [0, 0.1) is 0 Å². The first-order valence-corrected chi connectivity index (χ1v) is 4.08. The molecule has 0 bridgehead atoms. The monoisotopic (exact) mass is 173 g/mol. The van der Waals surface area contributed by atoms with E-state index < -0.39 is 12.1 Å². The maximum absolute atomic E-state index is 10.6. The van der Waals surface area contributed by atoms with Crippen LogP contribution in [0.3, 0.4) is 0 Å². The molecule has 0 saturated heterocycles. The van der Waals surface area contributed by atoms with Crippen molar-refractivity contribution in [1.82, 2.24) is 4.90 Å². The third-order valence-electron chi connectivity index (χ3n) is 1.69. The van der Waals surface area contributed by atoms with Gasteiger partial charge in [-0.15, -0.1) is 0 Å². The van der Waals surface area contributed by atoms with Crippen molar-refractivity contribution in [2.75, 3.05) is 6.54 Å². The number of carboxylic acid groups (broad SMARTS) is 1. The van der Waals surface area contributed by atoms with Gasteiger partial charge in [0.25, 0.3) is 0 Å². The van der Waals surface area contributed by atoms with Gasteiger partial charge in [0.1, 0.15) is 6.29 Å². The van der Waals surface area contributed by atoms with Crippen LogP contribution in [0.15, 0.2) is 0 Å². The zero-order valence-corrected chi connectivity index (χ0v) is 7.49. The average Bonchev–Trinajstić information content (AvgIpc) is 2.04. The largest absolute Gasteiger partial charge is 0.465 e.